The van der Waals surface area contributed by atoms with Gasteiger partial charge in [-0.25, -0.2) is 4.98 Å². The third-order valence-corrected chi connectivity index (χ3v) is 11.1. The molecule has 0 fully saturated rings. The van der Waals surface area contributed by atoms with Crippen LogP contribution in [-0.4, -0.2) is 24.1 Å². The standard InChI is InChI=1S/C49H29N5/c1-2-14-31(15-3-1)47-50-48(33-26-25-30-13-4-5-16-32(30)27-33)52-49(51-47)54-43-24-11-9-20-37(43)40-28-44-41(29-45(40)54)39-22-12-21-38-35-18-7-6-17-34(35)36-19-8-10-23-42(36)53(44)46(38)39/h1-29H. The molecule has 0 saturated carbocycles. The van der Waals surface area contributed by atoms with E-state index in [1.54, 1.807) is 0 Å². The van der Waals surface area contributed by atoms with Crippen LogP contribution >= 0.6 is 0 Å². The Kier molecular flexibility index (Phi) is 5.99. The number of hydrogen-bond acceptors (Lipinski definition) is 3. The van der Waals surface area contributed by atoms with Crippen LogP contribution in [-0.2, 0) is 0 Å². The summed E-state index contributed by atoms with van der Waals surface area (Å²) >= 11 is 0. The van der Waals surface area contributed by atoms with E-state index in [2.05, 4.69) is 167 Å². The van der Waals surface area contributed by atoms with E-state index >= 15 is 0 Å². The molecule has 250 valence electrons. The Morgan fingerprint density at radius 3 is 1.80 bits per heavy atom. The summed E-state index contributed by atoms with van der Waals surface area (Å²) in [5.41, 5.74) is 12.5. The summed E-state index contributed by atoms with van der Waals surface area (Å²) in [6.07, 6.45) is 0. The van der Waals surface area contributed by atoms with Gasteiger partial charge in [-0.05, 0) is 52.2 Å². The molecular weight excluding hydrogens is 659 g/mol. The van der Waals surface area contributed by atoms with E-state index in [9.17, 15) is 0 Å². The Morgan fingerprint density at radius 2 is 0.944 bits per heavy atom. The fourth-order valence-corrected chi connectivity index (χ4v) is 8.70. The molecule has 0 atom stereocenters. The van der Waals surface area contributed by atoms with Crippen LogP contribution in [0.1, 0.15) is 0 Å². The zero-order valence-electron chi connectivity index (χ0n) is 29.0. The first-order valence-electron chi connectivity index (χ1n) is 18.3. The third-order valence-electron chi connectivity index (χ3n) is 11.1. The number of rotatable bonds is 3. The zero-order valence-corrected chi connectivity index (χ0v) is 29.0. The van der Waals surface area contributed by atoms with E-state index in [0.29, 0.717) is 17.6 Å². The minimum absolute atomic E-state index is 0.586. The number of hydrogen-bond donors (Lipinski definition) is 0. The van der Waals surface area contributed by atoms with Crippen molar-refractivity contribution in [2.24, 2.45) is 0 Å². The van der Waals surface area contributed by atoms with E-state index in [1.165, 1.54) is 55.1 Å². The topological polar surface area (TPSA) is 48.5 Å². The van der Waals surface area contributed by atoms with Crippen molar-refractivity contribution >= 4 is 54.4 Å². The van der Waals surface area contributed by atoms with Crippen molar-refractivity contribution < 1.29 is 0 Å². The lowest BCUT2D eigenvalue weighted by Crippen LogP contribution is -2.06. The number of nitrogens with zero attached hydrogens (tertiary/aromatic N) is 5. The first-order valence-corrected chi connectivity index (χ1v) is 18.3. The van der Waals surface area contributed by atoms with Gasteiger partial charge in [-0.3, -0.25) is 4.57 Å². The Labute approximate surface area is 310 Å². The van der Waals surface area contributed by atoms with Crippen molar-refractivity contribution in [2.75, 3.05) is 0 Å². The molecule has 0 radical (unpaired) electrons. The van der Waals surface area contributed by atoms with Crippen LogP contribution < -0.4 is 0 Å². The molecule has 8 aromatic carbocycles. The van der Waals surface area contributed by atoms with Gasteiger partial charge < -0.3 is 4.57 Å². The average Bonchev–Trinajstić information content (AvgIpc) is 3.70. The number of aromatic nitrogens is 5. The predicted octanol–water partition coefficient (Wildman–Crippen LogP) is 12.2. The maximum Gasteiger partial charge on any atom is 0.238 e. The molecule has 5 heteroatoms. The van der Waals surface area contributed by atoms with Crippen molar-refractivity contribution in [1.29, 1.82) is 0 Å². The van der Waals surface area contributed by atoms with Crippen molar-refractivity contribution in [2.45, 2.75) is 0 Å². The molecule has 0 spiro atoms. The second-order valence-corrected chi connectivity index (χ2v) is 14.0. The average molecular weight is 688 g/mol. The molecule has 0 amide bonds. The molecule has 4 heterocycles. The normalized spacial score (nSPS) is 12.1. The molecule has 0 unspecified atom stereocenters. The van der Waals surface area contributed by atoms with Gasteiger partial charge in [0, 0.05) is 43.8 Å². The van der Waals surface area contributed by atoms with Gasteiger partial charge >= 0.3 is 0 Å². The first kappa shape index (κ1) is 29.2. The van der Waals surface area contributed by atoms with Crippen LogP contribution in [0.25, 0.3) is 111 Å². The van der Waals surface area contributed by atoms with Gasteiger partial charge in [0.2, 0.25) is 5.95 Å². The molecule has 5 nitrogen and oxygen atoms in total. The predicted molar refractivity (Wildman–Crippen MR) is 221 cm³/mol. The molecule has 0 N–H and O–H groups in total. The highest BCUT2D eigenvalue weighted by molar-refractivity contribution is 6.21. The van der Waals surface area contributed by atoms with Crippen LogP contribution in [0.15, 0.2) is 176 Å². The van der Waals surface area contributed by atoms with Gasteiger partial charge in [0.05, 0.1) is 27.8 Å². The smallest absolute Gasteiger partial charge is 0.238 e. The third kappa shape index (κ3) is 4.12. The van der Waals surface area contributed by atoms with Crippen LogP contribution in [0.4, 0.5) is 0 Å². The minimum Gasteiger partial charge on any atom is -0.308 e. The van der Waals surface area contributed by atoms with Crippen molar-refractivity contribution in [3.05, 3.63) is 176 Å². The Morgan fingerprint density at radius 1 is 0.333 bits per heavy atom. The van der Waals surface area contributed by atoms with E-state index < -0.39 is 0 Å². The molecule has 0 bridgehead atoms. The zero-order chi connectivity index (χ0) is 35.3. The van der Waals surface area contributed by atoms with Crippen molar-refractivity contribution in [3.63, 3.8) is 0 Å². The van der Waals surface area contributed by atoms with Crippen molar-refractivity contribution in [3.8, 4) is 56.7 Å². The van der Waals surface area contributed by atoms with E-state index in [0.717, 1.165) is 38.3 Å². The second-order valence-electron chi connectivity index (χ2n) is 14.0. The van der Waals surface area contributed by atoms with Gasteiger partial charge in [0.1, 0.15) is 0 Å². The summed E-state index contributed by atoms with van der Waals surface area (Å²) in [6.45, 7) is 0. The molecule has 1 aliphatic heterocycles. The summed E-state index contributed by atoms with van der Waals surface area (Å²) in [5.74, 6) is 1.85. The van der Waals surface area contributed by atoms with Gasteiger partial charge in [0.15, 0.2) is 11.6 Å². The van der Waals surface area contributed by atoms with Gasteiger partial charge in [-0.2, -0.15) is 9.97 Å². The summed E-state index contributed by atoms with van der Waals surface area (Å²) in [5, 5.41) is 7.01. The second kappa shape index (κ2) is 11.1. The maximum absolute atomic E-state index is 5.27. The number of fused-ring (bicyclic) bond motifs is 12. The lowest BCUT2D eigenvalue weighted by Gasteiger charge is -2.13. The van der Waals surface area contributed by atoms with Crippen LogP contribution in [0.3, 0.4) is 0 Å². The summed E-state index contributed by atoms with van der Waals surface area (Å²) in [4.78, 5) is 15.6. The molecule has 0 saturated heterocycles. The van der Waals surface area contributed by atoms with E-state index in [-0.39, 0.29) is 0 Å². The highest BCUT2D eigenvalue weighted by Gasteiger charge is 2.26. The minimum atomic E-state index is 0.586. The Hall–Kier alpha value is -7.37. The number of benzene rings is 8. The first-order chi connectivity index (χ1) is 26.8. The SMILES string of the molecule is c1ccc(-c2nc(-c3ccc4ccccc4c3)nc(-n3c4ccccc4c4cc5c(cc43)c3cccc4c3n5-c3ccccc3-c3ccccc3-4)n2)cc1. The Balaban J connectivity index is 1.19. The van der Waals surface area contributed by atoms with Gasteiger partial charge in [-0.1, -0.05) is 146 Å². The summed E-state index contributed by atoms with van der Waals surface area (Å²) in [7, 11) is 0. The molecule has 12 rings (SSSR count). The molecule has 3 aromatic heterocycles. The molecule has 1 aliphatic rings. The Bertz CT molecular complexity index is 3330. The lowest BCUT2D eigenvalue weighted by molar-refractivity contribution is 0.954. The molecule has 54 heavy (non-hydrogen) atoms. The van der Waals surface area contributed by atoms with Crippen LogP contribution in [0, 0.1) is 0 Å². The quantitative estimate of drug-likeness (QED) is 0.186. The van der Waals surface area contributed by atoms with Crippen LogP contribution in [0.2, 0.25) is 0 Å². The van der Waals surface area contributed by atoms with Gasteiger partial charge in [0.25, 0.3) is 0 Å². The largest absolute Gasteiger partial charge is 0.308 e. The number of para-hydroxylation sites is 3. The fraction of sp³-hybridized carbons (Fsp3) is 0. The van der Waals surface area contributed by atoms with E-state index in [1.807, 2.05) is 18.2 Å². The molecule has 0 aliphatic carbocycles. The lowest BCUT2D eigenvalue weighted by atomic mass is 9.94. The maximum atomic E-state index is 5.27. The molecule has 11 aromatic rings. The highest BCUT2D eigenvalue weighted by atomic mass is 15.2. The van der Waals surface area contributed by atoms with Crippen molar-refractivity contribution in [1.82, 2.24) is 24.1 Å². The summed E-state index contributed by atoms with van der Waals surface area (Å²) < 4.78 is 4.71. The van der Waals surface area contributed by atoms with E-state index in [4.69, 9.17) is 15.0 Å². The summed E-state index contributed by atoms with van der Waals surface area (Å²) in [6, 6.07) is 62.7. The van der Waals surface area contributed by atoms with Gasteiger partial charge in [-0.15, -0.1) is 0 Å². The van der Waals surface area contributed by atoms with Crippen LogP contribution in [0.5, 0.6) is 0 Å². The highest BCUT2D eigenvalue weighted by Crippen LogP contribution is 2.48. The molecular formula is C49H29N5. The fourth-order valence-electron chi connectivity index (χ4n) is 8.70. The monoisotopic (exact) mass is 687 g/mol.